The summed E-state index contributed by atoms with van der Waals surface area (Å²) in [5, 5.41) is 12.8. The molecule has 5 rings (SSSR count). The lowest BCUT2D eigenvalue weighted by Crippen LogP contribution is -2.37. The first-order chi connectivity index (χ1) is 15.5. The second-order valence-corrected chi connectivity index (χ2v) is 7.86. The first-order valence-electron chi connectivity index (χ1n) is 10.2. The molecule has 0 saturated carbocycles. The number of imide groups is 1. The fourth-order valence-electron chi connectivity index (χ4n) is 4.32. The highest BCUT2D eigenvalue weighted by molar-refractivity contribution is 6.23. The maximum absolute atomic E-state index is 13.5. The van der Waals surface area contributed by atoms with Gasteiger partial charge in [-0.1, -0.05) is 54.1 Å². The normalized spacial score (nSPS) is 22.3. The molecule has 0 spiro atoms. The van der Waals surface area contributed by atoms with Gasteiger partial charge in [0.1, 0.15) is 5.92 Å². The minimum Gasteiger partial charge on any atom is -0.273 e. The molecular weight excluding hydrogens is 410 g/mol. The Hall–Kier alpha value is -4.04. The molecule has 2 aliphatic heterocycles. The molecule has 3 aromatic rings. The van der Waals surface area contributed by atoms with Gasteiger partial charge in [-0.15, -0.1) is 0 Å². The van der Waals surface area contributed by atoms with E-state index < -0.39 is 28.9 Å². The second kappa shape index (κ2) is 7.58. The van der Waals surface area contributed by atoms with Crippen LogP contribution in [0, 0.1) is 23.0 Å². The van der Waals surface area contributed by atoms with Gasteiger partial charge in [0.15, 0.2) is 6.10 Å². The van der Waals surface area contributed by atoms with Crippen molar-refractivity contribution in [3.8, 4) is 0 Å². The summed E-state index contributed by atoms with van der Waals surface area (Å²) in [5.41, 5.74) is 2.63. The van der Waals surface area contributed by atoms with E-state index in [0.29, 0.717) is 11.4 Å². The van der Waals surface area contributed by atoms with Gasteiger partial charge in [-0.3, -0.25) is 24.5 Å². The monoisotopic (exact) mass is 429 g/mol. The number of anilines is 2. The molecule has 2 fully saturated rings. The number of nitro groups is 1. The summed E-state index contributed by atoms with van der Waals surface area (Å²) in [6.07, 6.45) is -1.02. The Kier molecular flexibility index (Phi) is 4.71. The van der Waals surface area contributed by atoms with E-state index in [9.17, 15) is 19.7 Å². The summed E-state index contributed by atoms with van der Waals surface area (Å²) < 4.78 is 0. The number of nitro benzene ring substituents is 1. The second-order valence-electron chi connectivity index (χ2n) is 7.86. The van der Waals surface area contributed by atoms with Gasteiger partial charge in [0.05, 0.1) is 22.3 Å². The van der Waals surface area contributed by atoms with E-state index in [4.69, 9.17) is 4.84 Å². The van der Waals surface area contributed by atoms with Crippen LogP contribution in [0.4, 0.5) is 17.1 Å². The first-order valence-corrected chi connectivity index (χ1v) is 10.2. The number of para-hydroxylation sites is 1. The van der Waals surface area contributed by atoms with Crippen molar-refractivity contribution in [2.75, 3.05) is 9.96 Å². The van der Waals surface area contributed by atoms with Crippen molar-refractivity contribution >= 4 is 28.9 Å². The Labute approximate surface area is 183 Å². The summed E-state index contributed by atoms with van der Waals surface area (Å²) >= 11 is 0. The van der Waals surface area contributed by atoms with Crippen LogP contribution in [0.15, 0.2) is 78.9 Å². The molecule has 0 aliphatic carbocycles. The summed E-state index contributed by atoms with van der Waals surface area (Å²) in [7, 11) is 0. The van der Waals surface area contributed by atoms with Crippen LogP contribution in [0.3, 0.4) is 0 Å². The number of carbonyl (C=O) groups is 2. The molecule has 3 aromatic carbocycles. The number of benzene rings is 3. The number of fused-ring (bicyclic) bond motifs is 1. The molecule has 32 heavy (non-hydrogen) atoms. The zero-order valence-corrected chi connectivity index (χ0v) is 17.1. The lowest BCUT2D eigenvalue weighted by Gasteiger charge is -2.28. The Balaban J connectivity index is 1.60. The van der Waals surface area contributed by atoms with Crippen LogP contribution in [0.1, 0.15) is 17.2 Å². The number of hydroxylamine groups is 1. The predicted octanol–water partition coefficient (Wildman–Crippen LogP) is 3.95. The molecule has 2 aliphatic rings. The fourth-order valence-corrected chi connectivity index (χ4v) is 4.32. The molecule has 160 valence electrons. The highest BCUT2D eigenvalue weighted by atomic mass is 16.7. The Bertz CT molecular complexity index is 1210. The Morgan fingerprint density at radius 3 is 2.25 bits per heavy atom. The van der Waals surface area contributed by atoms with E-state index in [1.807, 2.05) is 37.3 Å². The molecule has 2 amide bonds. The molecule has 0 radical (unpaired) electrons. The average molecular weight is 429 g/mol. The summed E-state index contributed by atoms with van der Waals surface area (Å²) in [6.45, 7) is 1.96. The van der Waals surface area contributed by atoms with Crippen LogP contribution >= 0.6 is 0 Å². The van der Waals surface area contributed by atoms with Crippen LogP contribution < -0.4 is 9.96 Å². The molecule has 3 unspecified atom stereocenters. The number of aryl methyl sites for hydroxylation is 1. The van der Waals surface area contributed by atoms with Crippen molar-refractivity contribution < 1.29 is 19.3 Å². The van der Waals surface area contributed by atoms with Crippen LogP contribution in [0.5, 0.6) is 0 Å². The molecule has 2 heterocycles. The zero-order chi connectivity index (χ0) is 22.4. The van der Waals surface area contributed by atoms with E-state index in [1.54, 1.807) is 36.4 Å². The minimum atomic E-state index is -1.02. The number of non-ortho nitro benzene ring substituents is 1. The van der Waals surface area contributed by atoms with E-state index in [-0.39, 0.29) is 11.6 Å². The summed E-state index contributed by atoms with van der Waals surface area (Å²) in [6, 6.07) is 21.7. The number of nitrogens with zero attached hydrogens (tertiary/aromatic N) is 3. The van der Waals surface area contributed by atoms with Gasteiger partial charge in [-0.2, -0.15) is 0 Å². The van der Waals surface area contributed by atoms with Gasteiger partial charge in [0.25, 0.3) is 11.6 Å². The summed E-state index contributed by atoms with van der Waals surface area (Å²) in [5.74, 6) is -1.59. The van der Waals surface area contributed by atoms with Gasteiger partial charge in [-0.25, -0.2) is 9.96 Å². The van der Waals surface area contributed by atoms with Crippen molar-refractivity contribution in [3.63, 3.8) is 0 Å². The van der Waals surface area contributed by atoms with Crippen molar-refractivity contribution in [1.29, 1.82) is 0 Å². The van der Waals surface area contributed by atoms with E-state index in [1.165, 1.54) is 22.1 Å². The Morgan fingerprint density at radius 1 is 0.875 bits per heavy atom. The SMILES string of the molecule is Cc1ccc(C2C3C(=O)N(c4ccccc4)C(=O)C3ON2c2cccc([N+](=O)[O-])c2)cc1. The third-order valence-corrected chi connectivity index (χ3v) is 5.84. The lowest BCUT2D eigenvalue weighted by molar-refractivity contribution is -0.384. The number of hydrogen-bond donors (Lipinski definition) is 0. The molecule has 0 bridgehead atoms. The fraction of sp³-hybridized carbons (Fsp3) is 0.167. The zero-order valence-electron chi connectivity index (χ0n) is 17.1. The number of amides is 2. The first kappa shape index (κ1) is 19.9. The van der Waals surface area contributed by atoms with Gasteiger partial charge in [0.2, 0.25) is 5.91 Å². The molecule has 2 saturated heterocycles. The van der Waals surface area contributed by atoms with Crippen molar-refractivity contribution in [2.45, 2.75) is 19.1 Å². The van der Waals surface area contributed by atoms with Crippen molar-refractivity contribution in [1.82, 2.24) is 0 Å². The average Bonchev–Trinajstić information content (AvgIpc) is 3.31. The molecule has 0 aromatic heterocycles. The third-order valence-electron chi connectivity index (χ3n) is 5.84. The Morgan fingerprint density at radius 2 is 1.56 bits per heavy atom. The van der Waals surface area contributed by atoms with Crippen LogP contribution in [-0.4, -0.2) is 22.8 Å². The minimum absolute atomic E-state index is 0.102. The summed E-state index contributed by atoms with van der Waals surface area (Å²) in [4.78, 5) is 44.7. The largest absolute Gasteiger partial charge is 0.273 e. The molecular formula is C24H19N3O5. The van der Waals surface area contributed by atoms with E-state index in [2.05, 4.69) is 0 Å². The van der Waals surface area contributed by atoms with Gasteiger partial charge in [-0.05, 0) is 30.7 Å². The van der Waals surface area contributed by atoms with Gasteiger partial charge in [0, 0.05) is 12.1 Å². The maximum Gasteiger partial charge on any atom is 0.271 e. The predicted molar refractivity (Wildman–Crippen MR) is 117 cm³/mol. The number of carbonyl (C=O) groups excluding carboxylic acids is 2. The third kappa shape index (κ3) is 3.12. The van der Waals surface area contributed by atoms with Crippen molar-refractivity contribution in [2.24, 2.45) is 5.92 Å². The van der Waals surface area contributed by atoms with Crippen LogP contribution in [-0.2, 0) is 14.4 Å². The maximum atomic E-state index is 13.5. The number of hydrogen-bond acceptors (Lipinski definition) is 6. The molecule has 3 atom stereocenters. The van der Waals surface area contributed by atoms with Gasteiger partial charge < -0.3 is 0 Å². The van der Waals surface area contributed by atoms with E-state index >= 15 is 0 Å². The van der Waals surface area contributed by atoms with E-state index in [0.717, 1.165) is 11.1 Å². The van der Waals surface area contributed by atoms with Crippen LogP contribution in [0.25, 0.3) is 0 Å². The number of rotatable bonds is 4. The molecule has 8 nitrogen and oxygen atoms in total. The van der Waals surface area contributed by atoms with Crippen molar-refractivity contribution in [3.05, 3.63) is 100 Å². The highest BCUT2D eigenvalue weighted by Crippen LogP contribution is 2.47. The topological polar surface area (TPSA) is 93.0 Å². The standard InChI is InChI=1S/C24H19N3O5/c1-15-10-12-16(13-11-15)21-20-22(24(29)25(23(20)28)17-6-3-2-4-7-17)32-26(21)18-8-5-9-19(14-18)27(30)31/h2-14,20-22H,1H3. The molecule has 0 N–H and O–H groups in total. The van der Waals surface area contributed by atoms with Crippen LogP contribution in [0.2, 0.25) is 0 Å². The molecule has 8 heteroatoms. The van der Waals surface area contributed by atoms with Gasteiger partial charge >= 0.3 is 0 Å². The quantitative estimate of drug-likeness (QED) is 0.354. The smallest absolute Gasteiger partial charge is 0.271 e. The highest BCUT2D eigenvalue weighted by Gasteiger charge is 2.60. The lowest BCUT2D eigenvalue weighted by atomic mass is 9.90.